The fourth-order valence-corrected chi connectivity index (χ4v) is 1.66. The van der Waals surface area contributed by atoms with Crippen molar-refractivity contribution in [1.29, 1.82) is 0 Å². The van der Waals surface area contributed by atoms with E-state index in [1.165, 1.54) is 16.8 Å². The van der Waals surface area contributed by atoms with E-state index < -0.39 is 22.7 Å². The average molecular weight is 283 g/mol. The van der Waals surface area contributed by atoms with Crippen LogP contribution >= 0.6 is 0 Å². The van der Waals surface area contributed by atoms with E-state index in [0.29, 0.717) is 13.0 Å². The second kappa shape index (κ2) is 6.69. The topological polar surface area (TPSA) is 114 Å². The molecule has 20 heavy (non-hydrogen) atoms. The van der Waals surface area contributed by atoms with Crippen molar-refractivity contribution < 1.29 is 19.6 Å². The minimum absolute atomic E-state index is 0.143. The molecule has 1 rings (SSSR count). The first-order chi connectivity index (χ1) is 9.36. The number of amides is 1. The molecule has 0 aliphatic rings. The van der Waals surface area contributed by atoms with Gasteiger partial charge in [0.1, 0.15) is 5.69 Å². The zero-order valence-corrected chi connectivity index (χ0v) is 11.3. The van der Waals surface area contributed by atoms with E-state index in [1.54, 1.807) is 13.8 Å². The number of carboxylic acids is 1. The molecule has 1 heterocycles. The van der Waals surface area contributed by atoms with Crippen molar-refractivity contribution in [3.63, 3.8) is 0 Å². The highest BCUT2D eigenvalue weighted by Crippen LogP contribution is 2.16. The number of carboxylic acid groups (broad SMARTS) is 1. The molecule has 0 radical (unpaired) electrons. The second-order valence-corrected chi connectivity index (χ2v) is 4.41. The Morgan fingerprint density at radius 3 is 2.70 bits per heavy atom. The maximum atomic E-state index is 11.9. The number of aliphatic carboxylic acids is 1. The van der Waals surface area contributed by atoms with Crippen LogP contribution in [-0.2, 0) is 11.3 Å². The number of hydrogen-bond donors (Lipinski definition) is 2. The zero-order valence-electron chi connectivity index (χ0n) is 11.3. The molecule has 0 aliphatic heterocycles. The predicted molar refractivity (Wildman–Crippen MR) is 70.5 cm³/mol. The number of nitro groups is 1. The Balaban J connectivity index is 2.67. The molecule has 1 aromatic heterocycles. The van der Waals surface area contributed by atoms with Crippen LogP contribution < -0.4 is 5.32 Å². The summed E-state index contributed by atoms with van der Waals surface area (Å²) in [5.74, 6) is -1.92. The van der Waals surface area contributed by atoms with Gasteiger partial charge < -0.3 is 15.0 Å². The predicted octanol–water partition coefficient (Wildman–Crippen LogP) is 1.26. The summed E-state index contributed by atoms with van der Waals surface area (Å²) in [5.41, 5.74) is 0.0538. The molecule has 2 N–H and O–H groups in total. The molecule has 0 saturated carbocycles. The van der Waals surface area contributed by atoms with Crippen molar-refractivity contribution in [2.75, 3.05) is 6.54 Å². The van der Waals surface area contributed by atoms with Crippen LogP contribution in [0.1, 0.15) is 30.8 Å². The SMILES string of the molecule is CCn1cc([N+](=O)[O-])cc1C(=O)NCCC(C)C(=O)O. The van der Waals surface area contributed by atoms with Gasteiger partial charge in [-0.1, -0.05) is 6.92 Å². The highest BCUT2D eigenvalue weighted by molar-refractivity contribution is 5.93. The van der Waals surface area contributed by atoms with Gasteiger partial charge in [-0.3, -0.25) is 19.7 Å². The highest BCUT2D eigenvalue weighted by atomic mass is 16.6. The van der Waals surface area contributed by atoms with E-state index in [1.807, 2.05) is 0 Å². The maximum absolute atomic E-state index is 11.9. The van der Waals surface area contributed by atoms with Crippen LogP contribution in [0.2, 0.25) is 0 Å². The molecule has 0 aromatic carbocycles. The third kappa shape index (κ3) is 3.81. The fourth-order valence-electron chi connectivity index (χ4n) is 1.66. The van der Waals surface area contributed by atoms with Gasteiger partial charge in [0, 0.05) is 19.2 Å². The quantitative estimate of drug-likeness (QED) is 0.577. The Bertz CT molecular complexity index is 523. The number of aryl methyl sites for hydroxylation is 1. The monoisotopic (exact) mass is 283 g/mol. The van der Waals surface area contributed by atoms with Crippen LogP contribution in [0.4, 0.5) is 5.69 Å². The molecule has 0 bridgehead atoms. The number of nitrogens with one attached hydrogen (secondary N) is 1. The van der Waals surface area contributed by atoms with Crippen molar-refractivity contribution in [2.24, 2.45) is 5.92 Å². The second-order valence-electron chi connectivity index (χ2n) is 4.41. The Morgan fingerprint density at radius 1 is 1.55 bits per heavy atom. The fraction of sp³-hybridized carbons (Fsp3) is 0.500. The number of aromatic nitrogens is 1. The molecule has 1 aromatic rings. The Labute approximate surface area is 115 Å². The highest BCUT2D eigenvalue weighted by Gasteiger charge is 2.19. The maximum Gasteiger partial charge on any atom is 0.306 e. The normalized spacial score (nSPS) is 11.9. The van der Waals surface area contributed by atoms with Gasteiger partial charge >= 0.3 is 5.97 Å². The first-order valence-corrected chi connectivity index (χ1v) is 6.22. The van der Waals surface area contributed by atoms with Gasteiger partial charge in [0.2, 0.25) is 0 Å². The summed E-state index contributed by atoms with van der Waals surface area (Å²) in [6, 6.07) is 1.21. The third-order valence-corrected chi connectivity index (χ3v) is 2.95. The van der Waals surface area contributed by atoms with Crippen LogP contribution in [0.3, 0.4) is 0 Å². The zero-order chi connectivity index (χ0) is 15.3. The molecule has 8 heteroatoms. The summed E-state index contributed by atoms with van der Waals surface area (Å²) in [4.78, 5) is 32.7. The Kier molecular flexibility index (Phi) is 5.24. The van der Waals surface area contributed by atoms with Crippen LogP contribution in [0.25, 0.3) is 0 Å². The first kappa shape index (κ1) is 15.7. The molecule has 0 fully saturated rings. The molecule has 0 spiro atoms. The lowest BCUT2D eigenvalue weighted by molar-refractivity contribution is -0.384. The summed E-state index contributed by atoms with van der Waals surface area (Å²) < 4.78 is 1.48. The van der Waals surface area contributed by atoms with E-state index >= 15 is 0 Å². The summed E-state index contributed by atoms with van der Waals surface area (Å²) in [5, 5.41) is 22.0. The minimum atomic E-state index is -0.924. The summed E-state index contributed by atoms with van der Waals surface area (Å²) >= 11 is 0. The summed E-state index contributed by atoms with van der Waals surface area (Å²) in [6.45, 7) is 3.96. The van der Waals surface area contributed by atoms with E-state index in [4.69, 9.17) is 5.11 Å². The number of carbonyl (C=O) groups is 2. The van der Waals surface area contributed by atoms with Crippen molar-refractivity contribution in [3.05, 3.63) is 28.1 Å². The van der Waals surface area contributed by atoms with E-state index in [2.05, 4.69) is 5.32 Å². The molecule has 1 atom stereocenters. The summed E-state index contributed by atoms with van der Waals surface area (Å²) in [7, 11) is 0. The van der Waals surface area contributed by atoms with E-state index in [9.17, 15) is 19.7 Å². The van der Waals surface area contributed by atoms with Crippen molar-refractivity contribution in [2.45, 2.75) is 26.8 Å². The number of carbonyl (C=O) groups excluding carboxylic acids is 1. The Morgan fingerprint density at radius 2 is 2.20 bits per heavy atom. The van der Waals surface area contributed by atoms with Crippen molar-refractivity contribution in [1.82, 2.24) is 9.88 Å². The third-order valence-electron chi connectivity index (χ3n) is 2.95. The smallest absolute Gasteiger partial charge is 0.306 e. The van der Waals surface area contributed by atoms with Crippen molar-refractivity contribution in [3.8, 4) is 0 Å². The van der Waals surface area contributed by atoms with Gasteiger partial charge in [-0.2, -0.15) is 0 Å². The molecule has 8 nitrogen and oxygen atoms in total. The molecule has 1 unspecified atom stereocenters. The van der Waals surface area contributed by atoms with Crippen molar-refractivity contribution >= 4 is 17.6 Å². The average Bonchev–Trinajstić information content (AvgIpc) is 2.82. The van der Waals surface area contributed by atoms with Crippen LogP contribution in [0, 0.1) is 16.0 Å². The van der Waals surface area contributed by atoms with Gasteiger partial charge in [-0.15, -0.1) is 0 Å². The van der Waals surface area contributed by atoms with Gasteiger partial charge in [-0.05, 0) is 13.3 Å². The van der Waals surface area contributed by atoms with Crippen LogP contribution in [0.15, 0.2) is 12.3 Å². The van der Waals surface area contributed by atoms with Gasteiger partial charge in [0.25, 0.3) is 11.6 Å². The van der Waals surface area contributed by atoms with Gasteiger partial charge in [-0.25, -0.2) is 0 Å². The minimum Gasteiger partial charge on any atom is -0.481 e. The molecule has 0 aliphatic carbocycles. The number of hydrogen-bond acceptors (Lipinski definition) is 4. The number of nitrogens with zero attached hydrogens (tertiary/aromatic N) is 2. The number of rotatable bonds is 7. The summed E-state index contributed by atoms with van der Waals surface area (Å²) in [6.07, 6.45) is 1.60. The standard InChI is InChI=1S/C12H17N3O5/c1-3-14-7-9(15(19)20)6-10(14)11(16)13-5-4-8(2)12(17)18/h6-8H,3-5H2,1-2H3,(H,13,16)(H,17,18). The van der Waals surface area contributed by atoms with Gasteiger partial charge in [0.15, 0.2) is 0 Å². The Hall–Kier alpha value is -2.38. The lowest BCUT2D eigenvalue weighted by atomic mass is 10.1. The molecule has 1 amide bonds. The lowest BCUT2D eigenvalue weighted by Gasteiger charge is -2.09. The molecular formula is C12H17N3O5. The molecular weight excluding hydrogens is 266 g/mol. The van der Waals surface area contributed by atoms with E-state index in [-0.39, 0.29) is 17.9 Å². The van der Waals surface area contributed by atoms with Crippen LogP contribution in [0.5, 0.6) is 0 Å². The van der Waals surface area contributed by atoms with Crippen LogP contribution in [-0.4, -0.2) is 33.0 Å². The van der Waals surface area contributed by atoms with Gasteiger partial charge in [0.05, 0.1) is 17.0 Å². The molecule has 110 valence electrons. The van der Waals surface area contributed by atoms with E-state index in [0.717, 1.165) is 0 Å². The molecule has 0 saturated heterocycles. The lowest BCUT2D eigenvalue weighted by Crippen LogP contribution is -2.28. The first-order valence-electron chi connectivity index (χ1n) is 6.22. The largest absolute Gasteiger partial charge is 0.481 e.